The van der Waals surface area contributed by atoms with E-state index in [9.17, 15) is 4.79 Å². The van der Waals surface area contributed by atoms with Crippen LogP contribution in [0.1, 0.15) is 128 Å². The van der Waals surface area contributed by atoms with E-state index in [2.05, 4.69) is 27.7 Å². The van der Waals surface area contributed by atoms with Gasteiger partial charge in [-0.1, -0.05) is 111 Å². The summed E-state index contributed by atoms with van der Waals surface area (Å²) in [5.41, 5.74) is 0. The zero-order chi connectivity index (χ0) is 21.7. The van der Waals surface area contributed by atoms with Gasteiger partial charge in [0.1, 0.15) is 0 Å². The molecule has 0 amide bonds. The average molecular weight is 411 g/mol. The van der Waals surface area contributed by atoms with Crippen LogP contribution in [0, 0.1) is 5.92 Å². The summed E-state index contributed by atoms with van der Waals surface area (Å²) >= 11 is 0. The number of aromatic carboxylic acids is 1. The Morgan fingerprint density at radius 2 is 1.38 bits per heavy atom. The summed E-state index contributed by atoms with van der Waals surface area (Å²) in [6, 6.07) is 2.98. The average Bonchev–Trinajstić information content (AvgIpc) is 3.15. The van der Waals surface area contributed by atoms with Crippen LogP contribution in [0.4, 0.5) is 0 Å². The van der Waals surface area contributed by atoms with E-state index in [0.717, 1.165) is 18.8 Å². The van der Waals surface area contributed by atoms with Gasteiger partial charge in [-0.05, 0) is 18.4 Å². The molecule has 0 aliphatic rings. The van der Waals surface area contributed by atoms with Gasteiger partial charge in [0.15, 0.2) is 0 Å². The zero-order valence-corrected chi connectivity index (χ0v) is 19.5. The van der Waals surface area contributed by atoms with Crippen LogP contribution in [0.15, 0.2) is 16.5 Å². The van der Waals surface area contributed by atoms with E-state index >= 15 is 0 Å². The normalized spacial score (nSPS) is 10.7. The van der Waals surface area contributed by atoms with Crippen LogP contribution in [0.2, 0.25) is 0 Å². The Balaban J connectivity index is 0.00000113. The predicted octanol–water partition coefficient (Wildman–Crippen LogP) is 8.50. The van der Waals surface area contributed by atoms with Gasteiger partial charge in [0, 0.05) is 6.07 Å². The number of ether oxygens (including phenoxy) is 1. The molecule has 0 spiro atoms. The molecular formula is C25H46O4. The van der Waals surface area contributed by atoms with E-state index in [0.29, 0.717) is 12.6 Å². The summed E-state index contributed by atoms with van der Waals surface area (Å²) in [5.74, 6) is 0.0559. The molecule has 1 heterocycles. The number of carboxylic acids is 1. The SMILES string of the molecule is CCCC(C)C.CCCCCCCCCCCCCCOc1ccc(C(=O)O)o1. The molecule has 1 N–H and O–H groups in total. The van der Waals surface area contributed by atoms with Gasteiger partial charge in [-0.3, -0.25) is 0 Å². The zero-order valence-electron chi connectivity index (χ0n) is 19.5. The second-order valence-electron chi connectivity index (χ2n) is 8.34. The molecule has 0 aromatic carbocycles. The molecule has 4 nitrogen and oxygen atoms in total. The monoisotopic (exact) mass is 410 g/mol. The summed E-state index contributed by atoms with van der Waals surface area (Å²) in [7, 11) is 0. The number of furan rings is 1. The standard InChI is InChI=1S/C19H32O4.C6H14/c1-2-3-4-5-6-7-8-9-10-11-12-13-16-22-18-15-14-17(23-18)19(20)21;1-4-5-6(2)3/h14-15H,2-13,16H2,1H3,(H,20,21);6H,4-5H2,1-3H3. The van der Waals surface area contributed by atoms with Crippen LogP contribution in [-0.4, -0.2) is 17.7 Å². The lowest BCUT2D eigenvalue weighted by atomic mass is 10.1. The van der Waals surface area contributed by atoms with Crippen molar-refractivity contribution in [3.63, 3.8) is 0 Å². The van der Waals surface area contributed by atoms with Gasteiger partial charge in [0.25, 0.3) is 5.95 Å². The molecule has 170 valence electrons. The molecule has 0 fully saturated rings. The van der Waals surface area contributed by atoms with Crippen molar-refractivity contribution in [1.29, 1.82) is 0 Å². The molecule has 0 aliphatic heterocycles. The molecule has 0 unspecified atom stereocenters. The maximum absolute atomic E-state index is 10.7. The van der Waals surface area contributed by atoms with E-state index in [4.69, 9.17) is 14.3 Å². The van der Waals surface area contributed by atoms with E-state index < -0.39 is 5.97 Å². The van der Waals surface area contributed by atoms with Crippen molar-refractivity contribution < 1.29 is 19.1 Å². The summed E-state index contributed by atoms with van der Waals surface area (Å²) in [5, 5.41) is 8.73. The number of carboxylic acid groups (broad SMARTS) is 1. The second kappa shape index (κ2) is 19.8. The van der Waals surface area contributed by atoms with Crippen LogP contribution in [0.25, 0.3) is 0 Å². The van der Waals surface area contributed by atoms with Crippen LogP contribution in [0.5, 0.6) is 5.95 Å². The summed E-state index contributed by atoms with van der Waals surface area (Å²) in [6.07, 6.45) is 18.4. The maximum Gasteiger partial charge on any atom is 0.371 e. The van der Waals surface area contributed by atoms with Crippen molar-refractivity contribution in [2.75, 3.05) is 6.61 Å². The van der Waals surface area contributed by atoms with Gasteiger partial charge in [-0.2, -0.15) is 0 Å². The third-order valence-electron chi connectivity index (χ3n) is 4.90. The van der Waals surface area contributed by atoms with Gasteiger partial charge in [0.05, 0.1) is 6.61 Å². The summed E-state index contributed by atoms with van der Waals surface area (Å²) < 4.78 is 10.4. The van der Waals surface area contributed by atoms with Crippen molar-refractivity contribution in [3.05, 3.63) is 17.9 Å². The van der Waals surface area contributed by atoms with E-state index in [1.54, 1.807) is 6.07 Å². The number of carbonyl (C=O) groups is 1. The van der Waals surface area contributed by atoms with E-state index in [-0.39, 0.29) is 5.76 Å². The number of unbranched alkanes of at least 4 members (excludes halogenated alkanes) is 11. The highest BCUT2D eigenvalue weighted by Crippen LogP contribution is 2.17. The van der Waals surface area contributed by atoms with Gasteiger partial charge >= 0.3 is 5.97 Å². The molecular weight excluding hydrogens is 364 g/mol. The smallest absolute Gasteiger partial charge is 0.371 e. The minimum absolute atomic E-state index is 0.0744. The Labute approximate surface area is 179 Å². The number of hydrogen-bond acceptors (Lipinski definition) is 3. The quantitative estimate of drug-likeness (QED) is 0.261. The van der Waals surface area contributed by atoms with Crippen molar-refractivity contribution in [3.8, 4) is 5.95 Å². The molecule has 0 saturated carbocycles. The Bertz CT molecular complexity index is 479. The molecule has 1 rings (SSSR count). The molecule has 0 aliphatic carbocycles. The first-order valence-corrected chi connectivity index (χ1v) is 12.0. The predicted molar refractivity (Wildman–Crippen MR) is 122 cm³/mol. The van der Waals surface area contributed by atoms with Gasteiger partial charge < -0.3 is 14.3 Å². The van der Waals surface area contributed by atoms with Crippen molar-refractivity contribution >= 4 is 5.97 Å². The number of rotatable bonds is 17. The first-order chi connectivity index (χ1) is 14.0. The van der Waals surface area contributed by atoms with Crippen molar-refractivity contribution in [2.24, 2.45) is 5.92 Å². The molecule has 0 saturated heterocycles. The minimum Gasteiger partial charge on any atom is -0.475 e. The van der Waals surface area contributed by atoms with E-state index in [1.807, 2.05) is 0 Å². The highest BCUT2D eigenvalue weighted by molar-refractivity contribution is 5.84. The Kier molecular flexibility index (Phi) is 18.9. The second-order valence-corrected chi connectivity index (χ2v) is 8.34. The van der Waals surface area contributed by atoms with Crippen molar-refractivity contribution in [2.45, 2.75) is 118 Å². The highest BCUT2D eigenvalue weighted by Gasteiger charge is 2.09. The molecule has 1 aromatic heterocycles. The Hall–Kier alpha value is -1.45. The lowest BCUT2D eigenvalue weighted by Gasteiger charge is -2.04. The molecule has 0 atom stereocenters. The Morgan fingerprint density at radius 3 is 1.76 bits per heavy atom. The van der Waals surface area contributed by atoms with E-state index in [1.165, 1.54) is 83.1 Å². The lowest BCUT2D eigenvalue weighted by Crippen LogP contribution is -1.96. The molecule has 0 bridgehead atoms. The molecule has 29 heavy (non-hydrogen) atoms. The third kappa shape index (κ3) is 18.3. The maximum atomic E-state index is 10.7. The first kappa shape index (κ1) is 27.5. The molecule has 0 radical (unpaired) electrons. The van der Waals surface area contributed by atoms with Crippen molar-refractivity contribution in [1.82, 2.24) is 0 Å². The number of hydrogen-bond donors (Lipinski definition) is 1. The Morgan fingerprint density at radius 1 is 0.862 bits per heavy atom. The highest BCUT2D eigenvalue weighted by atomic mass is 16.6. The first-order valence-electron chi connectivity index (χ1n) is 12.0. The van der Waals surface area contributed by atoms with Crippen LogP contribution in [0.3, 0.4) is 0 Å². The fourth-order valence-electron chi connectivity index (χ4n) is 3.21. The fraction of sp³-hybridized carbons (Fsp3) is 0.800. The molecule has 4 heteroatoms. The van der Waals surface area contributed by atoms with Gasteiger partial charge in [0.2, 0.25) is 5.76 Å². The largest absolute Gasteiger partial charge is 0.475 e. The third-order valence-corrected chi connectivity index (χ3v) is 4.90. The summed E-state index contributed by atoms with van der Waals surface area (Å²) in [6.45, 7) is 9.57. The van der Waals surface area contributed by atoms with Crippen LogP contribution in [-0.2, 0) is 0 Å². The fourth-order valence-corrected chi connectivity index (χ4v) is 3.21. The lowest BCUT2D eigenvalue weighted by molar-refractivity contribution is 0.0653. The van der Waals surface area contributed by atoms with Crippen LogP contribution < -0.4 is 4.74 Å². The topological polar surface area (TPSA) is 59.7 Å². The van der Waals surface area contributed by atoms with Gasteiger partial charge in [-0.25, -0.2) is 4.79 Å². The minimum atomic E-state index is -1.06. The summed E-state index contributed by atoms with van der Waals surface area (Å²) in [4.78, 5) is 10.7. The van der Waals surface area contributed by atoms with Gasteiger partial charge in [-0.15, -0.1) is 0 Å². The molecule has 1 aromatic rings. The van der Waals surface area contributed by atoms with Crippen LogP contribution >= 0.6 is 0 Å².